The van der Waals surface area contributed by atoms with Crippen LogP contribution in [0.25, 0.3) is 0 Å². The van der Waals surface area contributed by atoms with Crippen molar-refractivity contribution in [3.8, 4) is 5.88 Å². The van der Waals surface area contributed by atoms with Gasteiger partial charge in [0.2, 0.25) is 11.8 Å². The van der Waals surface area contributed by atoms with E-state index in [-0.39, 0.29) is 12.6 Å². The largest absolute Gasteiger partial charge is 0.477 e. The summed E-state index contributed by atoms with van der Waals surface area (Å²) in [4.78, 5) is 7.70. The van der Waals surface area contributed by atoms with Gasteiger partial charge in [-0.15, -0.1) is 0 Å². The number of nitrogens with one attached hydrogen (secondary N) is 1. The quantitative estimate of drug-likeness (QED) is 0.648. The second-order valence-corrected chi connectivity index (χ2v) is 5.64. The van der Waals surface area contributed by atoms with E-state index in [0.717, 1.165) is 36.7 Å². The van der Waals surface area contributed by atoms with Gasteiger partial charge >= 0.3 is 6.18 Å². The van der Waals surface area contributed by atoms with Crippen LogP contribution in [0.5, 0.6) is 5.88 Å². The highest BCUT2D eigenvalue weighted by atomic mass is 19.4. The van der Waals surface area contributed by atoms with Crippen LogP contribution in [-0.4, -0.2) is 16.6 Å². The summed E-state index contributed by atoms with van der Waals surface area (Å²) in [5.74, 6) is -0.362. The van der Waals surface area contributed by atoms with E-state index in [1.807, 2.05) is 38.1 Å². The predicted octanol–water partition coefficient (Wildman–Crippen LogP) is 5.37. The molecule has 0 bridgehead atoms. The third kappa shape index (κ3) is 5.62. The number of hydrogen-bond donors (Lipinski definition) is 1. The lowest BCUT2D eigenvalue weighted by Gasteiger charge is -2.14. The van der Waals surface area contributed by atoms with E-state index in [2.05, 4.69) is 15.3 Å². The SMILES string of the molecule is CCCCCOc1nc(Nc2cccc(CC)c2)ncc1C(F)(F)F. The summed E-state index contributed by atoms with van der Waals surface area (Å²) >= 11 is 0. The van der Waals surface area contributed by atoms with Gasteiger partial charge in [0.1, 0.15) is 5.56 Å². The van der Waals surface area contributed by atoms with Crippen molar-refractivity contribution in [1.29, 1.82) is 0 Å². The van der Waals surface area contributed by atoms with Crippen LogP contribution in [0.3, 0.4) is 0 Å². The normalized spacial score (nSPS) is 11.4. The Hall–Kier alpha value is -2.31. The van der Waals surface area contributed by atoms with Gasteiger partial charge in [-0.3, -0.25) is 0 Å². The molecule has 7 heteroatoms. The second kappa shape index (κ2) is 8.69. The van der Waals surface area contributed by atoms with Gasteiger partial charge < -0.3 is 10.1 Å². The van der Waals surface area contributed by atoms with Gasteiger partial charge in [-0.05, 0) is 30.5 Å². The molecule has 0 aliphatic rings. The molecule has 4 nitrogen and oxygen atoms in total. The standard InChI is InChI=1S/C18H22F3N3O/c1-3-5-6-10-25-16-15(18(19,20)21)12-22-17(24-16)23-14-9-7-8-13(4-2)11-14/h7-9,11-12H,3-6,10H2,1-2H3,(H,22,23,24). The first-order chi connectivity index (χ1) is 11.9. The molecule has 0 fully saturated rings. The third-order valence-electron chi connectivity index (χ3n) is 3.64. The van der Waals surface area contributed by atoms with E-state index in [4.69, 9.17) is 4.74 Å². The number of rotatable bonds is 8. The van der Waals surface area contributed by atoms with Gasteiger partial charge in [-0.2, -0.15) is 18.2 Å². The number of nitrogens with zero attached hydrogens (tertiary/aromatic N) is 2. The van der Waals surface area contributed by atoms with Crippen molar-refractivity contribution in [3.05, 3.63) is 41.6 Å². The maximum Gasteiger partial charge on any atom is 0.423 e. The van der Waals surface area contributed by atoms with E-state index in [9.17, 15) is 13.2 Å². The number of halogens is 3. The van der Waals surface area contributed by atoms with Crippen LogP contribution in [0.4, 0.5) is 24.8 Å². The minimum atomic E-state index is -4.55. The van der Waals surface area contributed by atoms with E-state index >= 15 is 0 Å². The summed E-state index contributed by atoms with van der Waals surface area (Å²) in [6.45, 7) is 4.23. The monoisotopic (exact) mass is 353 g/mol. The van der Waals surface area contributed by atoms with Gasteiger partial charge in [-0.1, -0.05) is 38.8 Å². The molecule has 0 saturated carbocycles. The number of alkyl halides is 3. The molecule has 136 valence electrons. The first-order valence-electron chi connectivity index (χ1n) is 8.37. The van der Waals surface area contributed by atoms with Crippen LogP contribution in [0.1, 0.15) is 44.2 Å². The van der Waals surface area contributed by atoms with Crippen molar-refractivity contribution in [2.75, 3.05) is 11.9 Å². The topological polar surface area (TPSA) is 47.0 Å². The van der Waals surface area contributed by atoms with Gasteiger partial charge in [0.05, 0.1) is 6.61 Å². The van der Waals surface area contributed by atoms with Crippen LogP contribution in [0.2, 0.25) is 0 Å². The van der Waals surface area contributed by atoms with Crippen LogP contribution in [-0.2, 0) is 12.6 Å². The number of ether oxygens (including phenoxy) is 1. The molecular weight excluding hydrogens is 331 g/mol. The van der Waals surface area contributed by atoms with Crippen molar-refractivity contribution in [2.45, 2.75) is 45.7 Å². The molecule has 1 aromatic heterocycles. The Kier molecular flexibility index (Phi) is 6.61. The minimum absolute atomic E-state index is 0.0757. The van der Waals surface area contributed by atoms with Crippen molar-refractivity contribution in [3.63, 3.8) is 0 Å². The Bertz CT molecular complexity index is 690. The fourth-order valence-corrected chi connectivity index (χ4v) is 2.25. The van der Waals surface area contributed by atoms with E-state index in [1.54, 1.807) is 0 Å². The third-order valence-corrected chi connectivity index (χ3v) is 3.64. The minimum Gasteiger partial charge on any atom is -0.477 e. The van der Waals surface area contributed by atoms with Gasteiger partial charge in [0.25, 0.3) is 0 Å². The molecule has 0 radical (unpaired) electrons. The molecule has 0 atom stereocenters. The Labute approximate surface area is 145 Å². The zero-order valence-electron chi connectivity index (χ0n) is 14.4. The fraction of sp³-hybridized carbons (Fsp3) is 0.444. The van der Waals surface area contributed by atoms with Crippen molar-refractivity contribution >= 4 is 11.6 Å². The molecule has 0 unspecified atom stereocenters. The summed E-state index contributed by atoms with van der Waals surface area (Å²) in [5, 5.41) is 2.93. The van der Waals surface area contributed by atoms with Gasteiger partial charge in [0, 0.05) is 11.9 Å². The Balaban J connectivity index is 2.21. The number of hydrogen-bond acceptors (Lipinski definition) is 4. The molecule has 0 saturated heterocycles. The van der Waals surface area contributed by atoms with E-state index < -0.39 is 17.6 Å². The molecule has 25 heavy (non-hydrogen) atoms. The molecule has 2 aromatic rings. The highest BCUT2D eigenvalue weighted by molar-refractivity contribution is 5.55. The highest BCUT2D eigenvalue weighted by Gasteiger charge is 2.36. The predicted molar refractivity (Wildman–Crippen MR) is 91.2 cm³/mol. The lowest BCUT2D eigenvalue weighted by atomic mass is 10.1. The van der Waals surface area contributed by atoms with Gasteiger partial charge in [-0.25, -0.2) is 4.98 Å². The first-order valence-corrected chi connectivity index (χ1v) is 8.37. The number of unbranched alkanes of at least 4 members (excludes halogenated alkanes) is 2. The molecule has 0 amide bonds. The number of anilines is 2. The smallest absolute Gasteiger partial charge is 0.423 e. The molecule has 2 rings (SSSR count). The molecule has 1 heterocycles. The lowest BCUT2D eigenvalue weighted by molar-refractivity contribution is -0.139. The Morgan fingerprint density at radius 2 is 1.96 bits per heavy atom. The number of aromatic nitrogens is 2. The van der Waals surface area contributed by atoms with Gasteiger partial charge in [0.15, 0.2) is 0 Å². The maximum atomic E-state index is 13.1. The summed E-state index contributed by atoms with van der Waals surface area (Å²) in [5.41, 5.74) is 0.862. The van der Waals surface area contributed by atoms with Crippen LogP contribution in [0.15, 0.2) is 30.5 Å². The lowest BCUT2D eigenvalue weighted by Crippen LogP contribution is -2.13. The van der Waals surface area contributed by atoms with Crippen LogP contribution >= 0.6 is 0 Å². The zero-order valence-corrected chi connectivity index (χ0v) is 14.4. The summed E-state index contributed by atoms with van der Waals surface area (Å²) in [6, 6.07) is 7.55. The van der Waals surface area contributed by atoms with Crippen LogP contribution in [0, 0.1) is 0 Å². The Morgan fingerprint density at radius 3 is 2.64 bits per heavy atom. The zero-order chi connectivity index (χ0) is 18.3. The molecular formula is C18H22F3N3O. The summed E-state index contributed by atoms with van der Waals surface area (Å²) in [6.07, 6.45) is -0.412. The molecule has 0 aliphatic heterocycles. The maximum absolute atomic E-state index is 13.1. The van der Waals surface area contributed by atoms with Crippen molar-refractivity contribution in [2.24, 2.45) is 0 Å². The van der Waals surface area contributed by atoms with Crippen molar-refractivity contribution < 1.29 is 17.9 Å². The van der Waals surface area contributed by atoms with Crippen molar-refractivity contribution in [1.82, 2.24) is 9.97 Å². The fourth-order valence-electron chi connectivity index (χ4n) is 2.25. The average Bonchev–Trinajstić information content (AvgIpc) is 2.58. The number of benzene rings is 1. The molecule has 1 N–H and O–H groups in total. The first kappa shape index (κ1) is 19.0. The molecule has 0 spiro atoms. The average molecular weight is 353 g/mol. The summed E-state index contributed by atoms with van der Waals surface area (Å²) in [7, 11) is 0. The number of aryl methyl sites for hydroxylation is 1. The summed E-state index contributed by atoms with van der Waals surface area (Å²) < 4.78 is 44.6. The van der Waals surface area contributed by atoms with E-state index in [0.29, 0.717) is 6.42 Å². The second-order valence-electron chi connectivity index (χ2n) is 5.64. The van der Waals surface area contributed by atoms with Crippen LogP contribution < -0.4 is 10.1 Å². The molecule has 1 aromatic carbocycles. The molecule has 0 aliphatic carbocycles. The highest BCUT2D eigenvalue weighted by Crippen LogP contribution is 2.35. The Morgan fingerprint density at radius 1 is 1.16 bits per heavy atom. The van der Waals surface area contributed by atoms with E-state index in [1.165, 1.54) is 0 Å².